The third kappa shape index (κ3) is 5.45. The Kier molecular flexibility index (Phi) is 7.43. The molecule has 3 N–H and O–H groups in total. The largest absolute Gasteiger partial charge is 0.496 e. The molecule has 0 spiro atoms. The van der Waals surface area contributed by atoms with Crippen LogP contribution in [-0.4, -0.2) is 61.2 Å². The first-order chi connectivity index (χ1) is 13.2. The van der Waals surface area contributed by atoms with Gasteiger partial charge in [0.25, 0.3) is 0 Å². The Morgan fingerprint density at radius 3 is 2.71 bits per heavy atom. The maximum absolute atomic E-state index is 12.4. The molecule has 1 aliphatic rings. The average molecular weight is 392 g/mol. The van der Waals surface area contributed by atoms with E-state index >= 15 is 0 Å². The third-order valence-electron chi connectivity index (χ3n) is 5.46. The zero-order chi connectivity index (χ0) is 20.9. The average Bonchev–Trinajstić information content (AvgIpc) is 2.67. The van der Waals surface area contributed by atoms with Crippen LogP contribution in [0.15, 0.2) is 12.1 Å². The summed E-state index contributed by atoms with van der Waals surface area (Å²) in [4.78, 5) is 26.9. The number of nitrogens with one attached hydrogen (secondary N) is 2. The number of nitrogens with zero attached hydrogens (tertiary/aromatic N) is 1. The van der Waals surface area contributed by atoms with Gasteiger partial charge < -0.3 is 20.5 Å². The highest BCUT2D eigenvalue weighted by molar-refractivity contribution is 5.88. The maximum atomic E-state index is 12.4. The molecule has 2 amide bonds. The molecule has 0 radical (unpaired) electrons. The Morgan fingerprint density at radius 1 is 1.36 bits per heavy atom. The molecule has 0 aromatic heterocycles. The third-order valence-corrected chi connectivity index (χ3v) is 5.46. The number of benzene rings is 1. The SMILES string of the molecule is COc1ccc(CN2CCNC(=O)C2CC(=O)NCC(C)(C)CO)c(C)c1C. The number of methoxy groups -OCH3 is 1. The highest BCUT2D eigenvalue weighted by Gasteiger charge is 2.32. The van der Waals surface area contributed by atoms with Gasteiger partial charge in [0.1, 0.15) is 5.75 Å². The standard InChI is InChI=1S/C21H33N3O4/c1-14-15(2)18(28-5)7-6-16(14)11-24-9-8-22-20(27)17(24)10-19(26)23-12-21(3,4)13-25/h6-7,17,25H,8-13H2,1-5H3,(H,22,27)(H,23,26). The van der Waals surface area contributed by atoms with Crippen molar-refractivity contribution in [1.29, 1.82) is 0 Å². The van der Waals surface area contributed by atoms with E-state index in [1.165, 1.54) is 0 Å². The van der Waals surface area contributed by atoms with Crippen LogP contribution in [0.25, 0.3) is 0 Å². The summed E-state index contributed by atoms with van der Waals surface area (Å²) in [6.45, 7) is 10.0. The number of aliphatic hydroxyl groups excluding tert-OH is 1. The van der Waals surface area contributed by atoms with Crippen molar-refractivity contribution < 1.29 is 19.4 Å². The molecular formula is C21H33N3O4. The van der Waals surface area contributed by atoms with Crippen LogP contribution < -0.4 is 15.4 Å². The van der Waals surface area contributed by atoms with Gasteiger partial charge in [0.15, 0.2) is 0 Å². The minimum Gasteiger partial charge on any atom is -0.496 e. The van der Waals surface area contributed by atoms with E-state index in [-0.39, 0.29) is 30.3 Å². The zero-order valence-electron chi connectivity index (χ0n) is 17.6. The predicted molar refractivity (Wildman–Crippen MR) is 108 cm³/mol. The molecule has 1 heterocycles. The summed E-state index contributed by atoms with van der Waals surface area (Å²) in [5, 5.41) is 15.0. The van der Waals surface area contributed by atoms with Gasteiger partial charge in [-0.15, -0.1) is 0 Å². The molecule has 0 saturated carbocycles. The summed E-state index contributed by atoms with van der Waals surface area (Å²) in [5.41, 5.74) is 2.96. The number of hydrogen-bond acceptors (Lipinski definition) is 5. The second kappa shape index (κ2) is 9.39. The lowest BCUT2D eigenvalue weighted by molar-refractivity contribution is -0.134. The molecule has 7 heteroatoms. The molecule has 156 valence electrons. The molecule has 0 aliphatic carbocycles. The van der Waals surface area contributed by atoms with Crippen molar-refractivity contribution in [1.82, 2.24) is 15.5 Å². The Morgan fingerprint density at radius 2 is 2.07 bits per heavy atom. The zero-order valence-corrected chi connectivity index (χ0v) is 17.6. The summed E-state index contributed by atoms with van der Waals surface area (Å²) < 4.78 is 5.38. The van der Waals surface area contributed by atoms with Gasteiger partial charge in [-0.25, -0.2) is 0 Å². The van der Waals surface area contributed by atoms with Crippen LogP contribution in [-0.2, 0) is 16.1 Å². The summed E-state index contributed by atoms with van der Waals surface area (Å²) in [7, 11) is 1.66. The van der Waals surface area contributed by atoms with Gasteiger partial charge in [0, 0.05) is 38.2 Å². The van der Waals surface area contributed by atoms with Crippen molar-refractivity contribution in [2.24, 2.45) is 5.41 Å². The minimum atomic E-state index is -0.507. The molecule has 1 saturated heterocycles. The Bertz CT molecular complexity index is 718. The van der Waals surface area contributed by atoms with Gasteiger partial charge in [0.05, 0.1) is 19.6 Å². The van der Waals surface area contributed by atoms with Crippen molar-refractivity contribution in [3.05, 3.63) is 28.8 Å². The van der Waals surface area contributed by atoms with Gasteiger partial charge in [-0.3, -0.25) is 14.5 Å². The van der Waals surface area contributed by atoms with E-state index in [0.717, 1.165) is 22.4 Å². The normalized spacial score (nSPS) is 17.9. The van der Waals surface area contributed by atoms with Crippen molar-refractivity contribution in [3.63, 3.8) is 0 Å². The second-order valence-electron chi connectivity index (χ2n) is 8.26. The first kappa shape index (κ1) is 22.2. The molecule has 1 unspecified atom stereocenters. The molecular weight excluding hydrogens is 358 g/mol. The Balaban J connectivity index is 2.09. The van der Waals surface area contributed by atoms with E-state index in [1.807, 2.05) is 32.9 Å². The monoisotopic (exact) mass is 391 g/mol. The first-order valence-electron chi connectivity index (χ1n) is 9.71. The van der Waals surface area contributed by atoms with Crippen molar-refractivity contribution >= 4 is 11.8 Å². The highest BCUT2D eigenvalue weighted by atomic mass is 16.5. The van der Waals surface area contributed by atoms with Gasteiger partial charge in [0.2, 0.25) is 11.8 Å². The fourth-order valence-corrected chi connectivity index (χ4v) is 3.28. The number of rotatable bonds is 8. The van der Waals surface area contributed by atoms with E-state index in [0.29, 0.717) is 26.2 Å². The van der Waals surface area contributed by atoms with Gasteiger partial charge >= 0.3 is 0 Å². The van der Waals surface area contributed by atoms with Gasteiger partial charge in [-0.2, -0.15) is 0 Å². The van der Waals surface area contributed by atoms with E-state index in [9.17, 15) is 14.7 Å². The molecule has 1 aromatic rings. The van der Waals surface area contributed by atoms with Gasteiger partial charge in [-0.1, -0.05) is 19.9 Å². The number of ether oxygens (including phenoxy) is 1. The van der Waals surface area contributed by atoms with Crippen LogP contribution in [0.3, 0.4) is 0 Å². The van der Waals surface area contributed by atoms with E-state index in [4.69, 9.17) is 4.74 Å². The maximum Gasteiger partial charge on any atom is 0.237 e. The lowest BCUT2D eigenvalue weighted by Crippen LogP contribution is -2.56. The number of piperazine rings is 1. The van der Waals surface area contributed by atoms with Crippen LogP contribution >= 0.6 is 0 Å². The van der Waals surface area contributed by atoms with E-state index in [1.54, 1.807) is 7.11 Å². The fourth-order valence-electron chi connectivity index (χ4n) is 3.28. The molecule has 28 heavy (non-hydrogen) atoms. The number of hydrogen-bond donors (Lipinski definition) is 3. The van der Waals surface area contributed by atoms with Crippen LogP contribution in [0, 0.1) is 19.3 Å². The minimum absolute atomic E-state index is 0.0145. The fraction of sp³-hybridized carbons (Fsp3) is 0.619. The highest BCUT2D eigenvalue weighted by Crippen LogP contribution is 2.26. The first-order valence-corrected chi connectivity index (χ1v) is 9.71. The van der Waals surface area contributed by atoms with Gasteiger partial charge in [-0.05, 0) is 36.6 Å². The molecule has 1 aliphatic heterocycles. The lowest BCUT2D eigenvalue weighted by atomic mass is 9.95. The Labute approximate surface area is 167 Å². The Hall–Kier alpha value is -2.12. The lowest BCUT2D eigenvalue weighted by Gasteiger charge is -2.35. The molecule has 1 aromatic carbocycles. The second-order valence-corrected chi connectivity index (χ2v) is 8.26. The van der Waals surface area contributed by atoms with Crippen molar-refractivity contribution in [2.75, 3.05) is 33.4 Å². The molecule has 7 nitrogen and oxygen atoms in total. The van der Waals surface area contributed by atoms with E-state index in [2.05, 4.69) is 22.5 Å². The van der Waals surface area contributed by atoms with Crippen molar-refractivity contribution in [3.8, 4) is 5.75 Å². The molecule has 1 fully saturated rings. The van der Waals surface area contributed by atoms with Crippen LogP contribution in [0.2, 0.25) is 0 Å². The summed E-state index contributed by atoms with van der Waals surface area (Å²) >= 11 is 0. The van der Waals surface area contributed by atoms with E-state index < -0.39 is 6.04 Å². The quantitative estimate of drug-likeness (QED) is 0.618. The summed E-state index contributed by atoms with van der Waals surface area (Å²) in [6, 6.07) is 3.46. The number of carbonyl (C=O) groups is 2. The predicted octanol–water partition coefficient (Wildman–Crippen LogP) is 1.14. The topological polar surface area (TPSA) is 90.9 Å². The number of carbonyl (C=O) groups excluding carboxylic acids is 2. The number of amides is 2. The van der Waals surface area contributed by atoms with Crippen LogP contribution in [0.4, 0.5) is 0 Å². The summed E-state index contributed by atoms with van der Waals surface area (Å²) in [5.74, 6) is 0.543. The number of aliphatic hydroxyl groups is 1. The molecule has 1 atom stereocenters. The van der Waals surface area contributed by atoms with Crippen molar-refractivity contribution in [2.45, 2.75) is 46.7 Å². The van der Waals surface area contributed by atoms with Crippen LogP contribution in [0.5, 0.6) is 5.75 Å². The molecule has 2 rings (SSSR count). The smallest absolute Gasteiger partial charge is 0.237 e. The van der Waals surface area contributed by atoms with Crippen LogP contribution in [0.1, 0.15) is 37.0 Å². The summed E-state index contributed by atoms with van der Waals surface area (Å²) in [6.07, 6.45) is 0.0987. The molecule has 0 bridgehead atoms.